The SMILES string of the molecule is [2H]c1c(C([2H])([2H])[2H])cnc(-c2ccc(C3CCCC3)cc3ccccc3oc2)c1[2H]. The zero-order valence-electron chi connectivity index (χ0n) is 19.0. The Bertz CT molecular complexity index is 1130. The molecule has 0 spiro atoms. The van der Waals surface area contributed by atoms with Gasteiger partial charge in [0.2, 0.25) is 0 Å². The first kappa shape index (κ1) is 11.1. The summed E-state index contributed by atoms with van der Waals surface area (Å²) in [5.41, 5.74) is 2.45. The molecule has 2 heterocycles. The molecule has 3 aromatic rings. The zero-order valence-corrected chi connectivity index (χ0v) is 14.0. The Kier molecular flexibility index (Phi) is 3.15. The third-order valence-electron chi connectivity index (χ3n) is 4.75. The predicted molar refractivity (Wildman–Crippen MR) is 103 cm³/mol. The lowest BCUT2D eigenvalue weighted by Crippen LogP contribution is -1.90. The second kappa shape index (κ2) is 7.10. The van der Waals surface area contributed by atoms with Crippen molar-refractivity contribution >= 4 is 11.0 Å². The Morgan fingerprint density at radius 1 is 1.12 bits per heavy atom. The Labute approximate surface area is 155 Å². The molecule has 0 radical (unpaired) electrons. The largest absolute Gasteiger partial charge is 0.464 e. The number of para-hydroxylation sites is 1. The number of nitrogens with zero attached hydrogens (tertiary/aromatic N) is 1. The highest BCUT2D eigenvalue weighted by atomic mass is 16.3. The van der Waals surface area contributed by atoms with E-state index >= 15 is 0 Å². The highest BCUT2D eigenvalue weighted by Crippen LogP contribution is 2.34. The third kappa shape index (κ3) is 3.58. The summed E-state index contributed by atoms with van der Waals surface area (Å²) in [4.78, 5) is 4.22. The minimum Gasteiger partial charge on any atom is -0.464 e. The molecule has 1 aromatic carbocycles. The molecular weight excluding hydrogens is 306 g/mol. The van der Waals surface area contributed by atoms with Crippen LogP contribution in [0.15, 0.2) is 71.4 Å². The van der Waals surface area contributed by atoms with E-state index in [4.69, 9.17) is 11.3 Å². The smallest absolute Gasteiger partial charge is 0.133 e. The lowest BCUT2D eigenvalue weighted by atomic mass is 9.97. The average molecular weight is 334 g/mol. The van der Waals surface area contributed by atoms with E-state index < -0.39 is 6.85 Å². The van der Waals surface area contributed by atoms with Gasteiger partial charge in [-0.2, -0.15) is 0 Å². The Morgan fingerprint density at radius 3 is 2.88 bits per heavy atom. The molecule has 0 amide bonds. The van der Waals surface area contributed by atoms with Gasteiger partial charge < -0.3 is 4.42 Å². The van der Waals surface area contributed by atoms with E-state index in [0.717, 1.165) is 18.2 Å². The molecule has 0 saturated heterocycles. The first-order chi connectivity index (χ1) is 14.3. The van der Waals surface area contributed by atoms with Crippen LogP contribution in [0.1, 0.15) is 49.6 Å². The number of rotatable bonds is 2. The van der Waals surface area contributed by atoms with E-state index in [9.17, 15) is 0 Å². The summed E-state index contributed by atoms with van der Waals surface area (Å²) in [5.74, 6) is 0.474. The number of hydrogen-bond acceptors (Lipinski definition) is 2. The summed E-state index contributed by atoms with van der Waals surface area (Å²) in [7, 11) is 0. The van der Waals surface area contributed by atoms with Gasteiger partial charge in [0, 0.05) is 21.3 Å². The van der Waals surface area contributed by atoms with Gasteiger partial charge in [0.15, 0.2) is 0 Å². The molecule has 25 heavy (non-hydrogen) atoms. The van der Waals surface area contributed by atoms with E-state index in [0.29, 0.717) is 17.1 Å². The Balaban J connectivity index is 1.93. The fourth-order valence-corrected chi connectivity index (χ4v) is 3.40. The number of pyridine rings is 1. The molecule has 2 nitrogen and oxygen atoms in total. The predicted octanol–water partition coefficient (Wildman–Crippen LogP) is 6.59. The molecule has 1 aliphatic rings. The van der Waals surface area contributed by atoms with Crippen molar-refractivity contribution < 1.29 is 11.3 Å². The van der Waals surface area contributed by atoms with Crippen molar-refractivity contribution in [1.29, 1.82) is 0 Å². The van der Waals surface area contributed by atoms with Crippen molar-refractivity contribution in [3.63, 3.8) is 0 Å². The van der Waals surface area contributed by atoms with Gasteiger partial charge in [0.25, 0.3) is 0 Å². The standard InChI is InChI=1S/C23H23NO/c1-17-10-13-22(24-15-17)21-12-11-19(18-6-2-3-7-18)14-20-8-4-5-9-23(20)25-16-21/h4-5,8-16,18H,2-3,6-7H2,1H3/i1D3,10D,13D. The molecular formula is C23H23NO. The maximum Gasteiger partial charge on any atom is 0.133 e. The van der Waals surface area contributed by atoms with Crippen LogP contribution in [-0.2, 0) is 0 Å². The van der Waals surface area contributed by atoms with Crippen molar-refractivity contribution in [2.75, 3.05) is 0 Å². The summed E-state index contributed by atoms with van der Waals surface area (Å²) >= 11 is 0. The van der Waals surface area contributed by atoms with Crippen LogP contribution in [0.2, 0.25) is 0 Å². The minimum absolute atomic E-state index is 0.220. The molecule has 1 fully saturated rings. The van der Waals surface area contributed by atoms with Crippen molar-refractivity contribution in [2.24, 2.45) is 0 Å². The molecule has 1 aliphatic carbocycles. The monoisotopic (exact) mass is 334 g/mol. The van der Waals surface area contributed by atoms with E-state index in [2.05, 4.69) is 11.1 Å². The molecule has 0 aliphatic heterocycles. The normalized spacial score (nSPS) is 18.0. The highest BCUT2D eigenvalue weighted by molar-refractivity contribution is 5.76. The van der Waals surface area contributed by atoms with Gasteiger partial charge in [-0.25, -0.2) is 0 Å². The average Bonchev–Trinajstić information content (AvgIpc) is 3.25. The van der Waals surface area contributed by atoms with Crippen LogP contribution in [0.5, 0.6) is 0 Å². The van der Waals surface area contributed by atoms with Gasteiger partial charge in [-0.1, -0.05) is 43.1 Å². The maximum absolute atomic E-state index is 8.35. The van der Waals surface area contributed by atoms with Gasteiger partial charge in [-0.3, -0.25) is 4.98 Å². The number of fused-ring (bicyclic) bond motifs is 1. The molecule has 2 aromatic heterocycles. The molecule has 1 saturated carbocycles. The fourth-order valence-electron chi connectivity index (χ4n) is 3.40. The van der Waals surface area contributed by atoms with Crippen LogP contribution in [0, 0.1) is 6.85 Å². The lowest BCUT2D eigenvalue weighted by molar-refractivity contribution is 0.608. The summed E-state index contributed by atoms with van der Waals surface area (Å²) < 4.78 is 45.1. The van der Waals surface area contributed by atoms with Crippen LogP contribution in [0.3, 0.4) is 0 Å². The summed E-state index contributed by atoms with van der Waals surface area (Å²) in [6.45, 7) is -2.48. The molecule has 0 N–H and O–H groups in total. The van der Waals surface area contributed by atoms with Gasteiger partial charge in [-0.05, 0) is 61.0 Å². The van der Waals surface area contributed by atoms with Crippen molar-refractivity contribution in [2.45, 2.75) is 38.5 Å². The van der Waals surface area contributed by atoms with Crippen LogP contribution in [0.4, 0.5) is 0 Å². The van der Waals surface area contributed by atoms with Crippen LogP contribution in [0.25, 0.3) is 22.2 Å². The number of aryl methyl sites for hydroxylation is 1. The van der Waals surface area contributed by atoms with Crippen molar-refractivity contribution in [3.8, 4) is 11.3 Å². The Morgan fingerprint density at radius 2 is 2.00 bits per heavy atom. The second-order valence-corrected chi connectivity index (χ2v) is 6.46. The van der Waals surface area contributed by atoms with Crippen molar-refractivity contribution in [1.82, 2.24) is 4.98 Å². The summed E-state index contributed by atoms with van der Waals surface area (Å²) in [6.07, 6.45) is 7.41. The van der Waals surface area contributed by atoms with Gasteiger partial charge >= 0.3 is 0 Å². The molecule has 4 rings (SSSR count). The fraction of sp³-hybridized carbons (Fsp3) is 0.261. The van der Waals surface area contributed by atoms with Crippen LogP contribution >= 0.6 is 0 Å². The summed E-state index contributed by atoms with van der Waals surface area (Å²) in [6, 6.07) is 13.3. The van der Waals surface area contributed by atoms with E-state index in [1.54, 1.807) is 0 Å². The highest BCUT2D eigenvalue weighted by Gasteiger charge is 2.16. The lowest BCUT2D eigenvalue weighted by Gasteiger charge is -2.07. The van der Waals surface area contributed by atoms with Gasteiger partial charge in [0.05, 0.1) is 8.44 Å². The van der Waals surface area contributed by atoms with E-state index in [1.165, 1.54) is 30.9 Å². The third-order valence-corrected chi connectivity index (χ3v) is 4.75. The quantitative estimate of drug-likeness (QED) is 0.528. The number of hydrogen-bond donors (Lipinski definition) is 0. The van der Waals surface area contributed by atoms with Gasteiger partial charge in [0.1, 0.15) is 11.8 Å². The summed E-state index contributed by atoms with van der Waals surface area (Å²) in [5, 5.41) is 0.986. The van der Waals surface area contributed by atoms with Crippen LogP contribution in [-0.4, -0.2) is 4.98 Å². The number of benzene rings is 1. The van der Waals surface area contributed by atoms with Crippen LogP contribution < -0.4 is 0 Å². The first-order valence-electron chi connectivity index (χ1n) is 11.2. The molecule has 2 heteroatoms. The topological polar surface area (TPSA) is 26.0 Å². The Hall–Kier alpha value is -2.61. The molecule has 0 unspecified atom stereocenters. The zero-order chi connectivity index (χ0) is 21.3. The van der Waals surface area contributed by atoms with E-state index in [1.807, 2.05) is 36.4 Å². The number of aromatic nitrogens is 1. The maximum atomic E-state index is 8.35. The molecule has 0 atom stereocenters. The first-order valence-corrected chi connectivity index (χ1v) is 8.67. The van der Waals surface area contributed by atoms with E-state index in [-0.39, 0.29) is 23.3 Å². The second-order valence-electron chi connectivity index (χ2n) is 6.46. The van der Waals surface area contributed by atoms with Crippen molar-refractivity contribution in [3.05, 3.63) is 78.1 Å². The minimum atomic E-state index is -2.48. The van der Waals surface area contributed by atoms with Gasteiger partial charge in [-0.15, -0.1) is 0 Å². The molecule has 126 valence electrons. The molecule has 0 bridgehead atoms.